The smallest absolute Gasteiger partial charge is 0.252 e. The molecule has 1 N–H and O–H groups in total. The number of benzene rings is 2. The first-order valence-electron chi connectivity index (χ1n) is 5.78. The number of ketones is 1. The van der Waals surface area contributed by atoms with Gasteiger partial charge in [-0.25, -0.2) is 0 Å². The van der Waals surface area contributed by atoms with Crippen molar-refractivity contribution in [3.63, 3.8) is 0 Å². The van der Waals surface area contributed by atoms with Gasteiger partial charge in [0, 0.05) is 11.1 Å². The van der Waals surface area contributed by atoms with E-state index in [1.807, 2.05) is 12.1 Å². The largest absolute Gasteiger partial charge is 0.333 e. The van der Waals surface area contributed by atoms with Crippen molar-refractivity contribution in [1.82, 2.24) is 5.32 Å². The fraction of sp³-hybridized carbons (Fsp3) is 0.0667. The highest BCUT2D eigenvalue weighted by atomic mass is 79.9. The molecule has 2 aromatic carbocycles. The Morgan fingerprint density at radius 1 is 0.842 bits per heavy atom. The van der Waals surface area contributed by atoms with Gasteiger partial charge >= 0.3 is 0 Å². The number of carbonyl (C=O) groups is 2. The maximum Gasteiger partial charge on any atom is 0.252 e. The lowest BCUT2D eigenvalue weighted by molar-refractivity contribution is 0.0894. The minimum atomic E-state index is -0.734. The molecule has 0 radical (unpaired) electrons. The topological polar surface area (TPSA) is 46.2 Å². The van der Waals surface area contributed by atoms with Crippen LogP contribution in [-0.2, 0) is 0 Å². The van der Waals surface area contributed by atoms with Crippen LogP contribution in [0.1, 0.15) is 20.7 Å². The van der Waals surface area contributed by atoms with Crippen LogP contribution < -0.4 is 5.32 Å². The summed E-state index contributed by atoms with van der Waals surface area (Å²) in [5, 5.41) is 2.62. The Bertz CT molecular complexity index is 569. The van der Waals surface area contributed by atoms with Crippen molar-refractivity contribution in [2.75, 3.05) is 0 Å². The average molecular weight is 318 g/mol. The molecular weight excluding hydrogens is 306 g/mol. The molecule has 0 aliphatic rings. The second-order valence-corrected chi connectivity index (χ2v) is 4.85. The Balaban J connectivity index is 2.04. The lowest BCUT2D eigenvalue weighted by Gasteiger charge is -2.11. The van der Waals surface area contributed by atoms with Crippen LogP contribution in [0.25, 0.3) is 0 Å². The molecule has 0 aliphatic heterocycles. The normalized spacial score (nSPS) is 11.6. The van der Waals surface area contributed by atoms with Gasteiger partial charge in [-0.15, -0.1) is 0 Å². The molecule has 0 aliphatic carbocycles. The monoisotopic (exact) mass is 317 g/mol. The highest BCUT2D eigenvalue weighted by Gasteiger charge is 2.19. The van der Waals surface area contributed by atoms with Gasteiger partial charge in [0.2, 0.25) is 0 Å². The van der Waals surface area contributed by atoms with Crippen LogP contribution >= 0.6 is 15.9 Å². The number of Topliss-reactive ketones (excluding diaryl/α,β-unsaturated/α-hetero) is 1. The van der Waals surface area contributed by atoms with E-state index in [0.29, 0.717) is 11.1 Å². The summed E-state index contributed by atoms with van der Waals surface area (Å²) in [6.07, 6.45) is 0. The zero-order valence-corrected chi connectivity index (χ0v) is 11.6. The molecule has 0 fully saturated rings. The number of alkyl halides is 1. The van der Waals surface area contributed by atoms with E-state index in [2.05, 4.69) is 21.2 Å². The molecule has 1 amide bonds. The van der Waals surface area contributed by atoms with Crippen molar-refractivity contribution < 1.29 is 9.59 Å². The number of halogens is 1. The number of rotatable bonds is 4. The van der Waals surface area contributed by atoms with Gasteiger partial charge in [-0.05, 0) is 12.1 Å². The lowest BCUT2D eigenvalue weighted by Crippen LogP contribution is -2.36. The maximum atomic E-state index is 12.0. The summed E-state index contributed by atoms with van der Waals surface area (Å²) >= 11 is 3.20. The zero-order chi connectivity index (χ0) is 13.7. The van der Waals surface area contributed by atoms with E-state index in [0.717, 1.165) is 0 Å². The Morgan fingerprint density at radius 2 is 1.32 bits per heavy atom. The Kier molecular flexibility index (Phi) is 4.47. The highest BCUT2D eigenvalue weighted by molar-refractivity contribution is 9.10. The summed E-state index contributed by atoms with van der Waals surface area (Å²) in [7, 11) is 0. The SMILES string of the molecule is O=C(NC(Br)C(=O)c1ccccc1)c1ccccc1. The van der Waals surface area contributed by atoms with Gasteiger partial charge in [0.05, 0.1) is 0 Å². The first-order valence-corrected chi connectivity index (χ1v) is 6.69. The molecule has 0 heterocycles. The molecule has 0 aromatic heterocycles. The Labute approximate surface area is 119 Å². The van der Waals surface area contributed by atoms with Gasteiger partial charge in [-0.2, -0.15) is 0 Å². The summed E-state index contributed by atoms with van der Waals surface area (Å²) in [5.74, 6) is -0.461. The van der Waals surface area contributed by atoms with Crippen molar-refractivity contribution in [1.29, 1.82) is 0 Å². The predicted octanol–water partition coefficient (Wildman–Crippen LogP) is 3.02. The van der Waals surface area contributed by atoms with Crippen LogP contribution in [0.15, 0.2) is 60.7 Å². The first-order chi connectivity index (χ1) is 9.18. The van der Waals surface area contributed by atoms with Gasteiger partial charge in [0.1, 0.15) is 4.95 Å². The van der Waals surface area contributed by atoms with Gasteiger partial charge in [-0.3, -0.25) is 9.59 Å². The fourth-order valence-electron chi connectivity index (χ4n) is 1.60. The van der Waals surface area contributed by atoms with Gasteiger partial charge in [0.15, 0.2) is 5.78 Å². The molecule has 1 atom stereocenters. The molecule has 0 saturated carbocycles. The van der Waals surface area contributed by atoms with E-state index in [9.17, 15) is 9.59 Å². The summed E-state index contributed by atoms with van der Waals surface area (Å²) in [5.41, 5.74) is 1.07. The number of hydrogen-bond donors (Lipinski definition) is 1. The standard InChI is InChI=1S/C15H12BrNO2/c16-14(13(18)11-7-3-1-4-8-11)17-15(19)12-9-5-2-6-10-12/h1-10,14H,(H,17,19). The van der Waals surface area contributed by atoms with Crippen molar-refractivity contribution in [3.8, 4) is 0 Å². The summed E-state index contributed by atoms with van der Waals surface area (Å²) in [6.45, 7) is 0. The molecule has 0 spiro atoms. The Morgan fingerprint density at radius 3 is 1.84 bits per heavy atom. The van der Waals surface area contributed by atoms with Crippen LogP contribution in [0.4, 0.5) is 0 Å². The molecule has 2 rings (SSSR count). The minimum absolute atomic E-state index is 0.176. The molecule has 1 unspecified atom stereocenters. The zero-order valence-electron chi connectivity index (χ0n) is 10.0. The van der Waals surface area contributed by atoms with Crippen molar-refractivity contribution in [2.45, 2.75) is 4.95 Å². The number of nitrogens with one attached hydrogen (secondary N) is 1. The quantitative estimate of drug-likeness (QED) is 0.535. The van der Waals surface area contributed by atoms with Gasteiger partial charge in [-0.1, -0.05) is 64.5 Å². The first kappa shape index (κ1) is 13.5. The summed E-state index contributed by atoms with van der Waals surface area (Å²) in [4.78, 5) is 23.2. The van der Waals surface area contributed by atoms with E-state index in [1.54, 1.807) is 48.5 Å². The van der Waals surface area contributed by atoms with Gasteiger partial charge < -0.3 is 5.32 Å². The molecule has 2 aromatic rings. The summed E-state index contributed by atoms with van der Waals surface area (Å²) in [6, 6.07) is 17.6. The Hall–Kier alpha value is -1.94. The van der Waals surface area contributed by atoms with E-state index < -0.39 is 4.95 Å². The van der Waals surface area contributed by atoms with Crippen molar-refractivity contribution in [2.24, 2.45) is 0 Å². The molecular formula is C15H12BrNO2. The highest BCUT2D eigenvalue weighted by Crippen LogP contribution is 2.09. The van der Waals surface area contributed by atoms with E-state index >= 15 is 0 Å². The third kappa shape index (κ3) is 3.51. The molecule has 0 bridgehead atoms. The van der Waals surface area contributed by atoms with Crippen molar-refractivity contribution >= 4 is 27.6 Å². The van der Waals surface area contributed by atoms with Crippen LogP contribution in [0.3, 0.4) is 0 Å². The molecule has 96 valence electrons. The summed E-state index contributed by atoms with van der Waals surface area (Å²) < 4.78 is 0. The third-order valence-corrected chi connectivity index (χ3v) is 3.23. The van der Waals surface area contributed by atoms with E-state index in [-0.39, 0.29) is 11.7 Å². The molecule has 4 heteroatoms. The van der Waals surface area contributed by atoms with Crippen LogP contribution in [0.5, 0.6) is 0 Å². The molecule has 3 nitrogen and oxygen atoms in total. The lowest BCUT2D eigenvalue weighted by atomic mass is 10.1. The van der Waals surface area contributed by atoms with Crippen LogP contribution in [0, 0.1) is 0 Å². The van der Waals surface area contributed by atoms with E-state index in [4.69, 9.17) is 0 Å². The fourth-order valence-corrected chi connectivity index (χ4v) is 2.07. The predicted molar refractivity (Wildman–Crippen MR) is 77.4 cm³/mol. The second kappa shape index (κ2) is 6.29. The third-order valence-electron chi connectivity index (χ3n) is 2.58. The number of amides is 1. The molecule has 0 saturated heterocycles. The van der Waals surface area contributed by atoms with Crippen LogP contribution in [-0.4, -0.2) is 16.6 Å². The average Bonchev–Trinajstić information content (AvgIpc) is 2.48. The van der Waals surface area contributed by atoms with Crippen molar-refractivity contribution in [3.05, 3.63) is 71.8 Å². The second-order valence-electron chi connectivity index (χ2n) is 3.93. The van der Waals surface area contributed by atoms with Crippen LogP contribution in [0.2, 0.25) is 0 Å². The van der Waals surface area contributed by atoms with E-state index in [1.165, 1.54) is 0 Å². The maximum absolute atomic E-state index is 12.0. The number of carbonyl (C=O) groups excluding carboxylic acids is 2. The number of hydrogen-bond acceptors (Lipinski definition) is 2. The van der Waals surface area contributed by atoms with Gasteiger partial charge in [0.25, 0.3) is 5.91 Å². The molecule has 19 heavy (non-hydrogen) atoms. The minimum Gasteiger partial charge on any atom is -0.333 e.